The number of carbonyl (C=O) groups excluding carboxylic acids is 1. The molecule has 1 atom stereocenters. The summed E-state index contributed by atoms with van der Waals surface area (Å²) in [7, 11) is 0. The first-order valence-electron chi connectivity index (χ1n) is 7.23. The normalized spacial score (nSPS) is 19.5. The second-order valence-electron chi connectivity index (χ2n) is 5.23. The smallest absolute Gasteiger partial charge is 0.173 e. The van der Waals surface area contributed by atoms with E-state index in [0.29, 0.717) is 5.78 Å². The summed E-state index contributed by atoms with van der Waals surface area (Å²) in [6, 6.07) is 8.12. The van der Waals surface area contributed by atoms with Crippen LogP contribution in [0.4, 0.5) is 0 Å². The Bertz CT molecular complexity index is 623. The molecule has 0 N–H and O–H groups in total. The third-order valence-electron chi connectivity index (χ3n) is 3.71. The molecule has 1 saturated carbocycles. The molecule has 110 valence electrons. The average molecular weight is 365 g/mol. The minimum atomic E-state index is 0.0594. The summed E-state index contributed by atoms with van der Waals surface area (Å²) < 4.78 is 3.11. The predicted octanol–water partition coefficient (Wildman–Crippen LogP) is 4.63. The molecule has 0 radical (unpaired) electrons. The van der Waals surface area contributed by atoms with Gasteiger partial charge in [0.1, 0.15) is 5.78 Å². The number of hydrogen-bond donors (Lipinski definition) is 0. The molecular formula is C16H17BrN2OS. The van der Waals surface area contributed by atoms with Crippen LogP contribution in [0.25, 0.3) is 5.69 Å². The molecule has 5 heteroatoms. The molecule has 0 spiro atoms. The van der Waals surface area contributed by atoms with Crippen molar-refractivity contribution in [2.24, 2.45) is 0 Å². The fourth-order valence-electron chi connectivity index (χ4n) is 2.55. The largest absolute Gasteiger partial charge is 0.298 e. The van der Waals surface area contributed by atoms with Crippen LogP contribution < -0.4 is 0 Å². The highest BCUT2D eigenvalue weighted by atomic mass is 79.9. The lowest BCUT2D eigenvalue weighted by molar-refractivity contribution is -0.118. The van der Waals surface area contributed by atoms with Crippen molar-refractivity contribution in [1.29, 1.82) is 0 Å². The van der Waals surface area contributed by atoms with Crippen molar-refractivity contribution in [3.05, 3.63) is 41.1 Å². The Hall–Kier alpha value is -1.07. The molecule has 0 saturated heterocycles. The van der Waals surface area contributed by atoms with Gasteiger partial charge >= 0.3 is 0 Å². The summed E-state index contributed by atoms with van der Waals surface area (Å²) in [4.78, 5) is 16.6. The van der Waals surface area contributed by atoms with E-state index in [1.54, 1.807) is 18.0 Å². The predicted molar refractivity (Wildman–Crippen MR) is 89.0 cm³/mol. The van der Waals surface area contributed by atoms with Gasteiger partial charge < -0.3 is 0 Å². The molecule has 0 aliphatic heterocycles. The van der Waals surface area contributed by atoms with Gasteiger partial charge in [-0.15, -0.1) is 0 Å². The summed E-state index contributed by atoms with van der Waals surface area (Å²) in [5, 5.41) is 0.960. The van der Waals surface area contributed by atoms with Crippen molar-refractivity contribution in [3.8, 4) is 5.69 Å². The van der Waals surface area contributed by atoms with E-state index in [1.807, 2.05) is 30.5 Å². The van der Waals surface area contributed by atoms with Crippen LogP contribution in [0, 0.1) is 0 Å². The van der Waals surface area contributed by atoms with Crippen LogP contribution in [0.5, 0.6) is 0 Å². The van der Waals surface area contributed by atoms with E-state index >= 15 is 0 Å². The maximum absolute atomic E-state index is 12.2. The minimum absolute atomic E-state index is 0.0594. The second-order valence-corrected chi connectivity index (χ2v) is 7.31. The van der Waals surface area contributed by atoms with Gasteiger partial charge in [0.15, 0.2) is 5.16 Å². The lowest BCUT2D eigenvalue weighted by Crippen LogP contribution is -2.15. The molecule has 21 heavy (non-hydrogen) atoms. The van der Waals surface area contributed by atoms with Crippen LogP contribution in [0.2, 0.25) is 0 Å². The fourth-order valence-corrected chi connectivity index (χ4v) is 4.01. The molecule has 0 amide bonds. The summed E-state index contributed by atoms with van der Waals surface area (Å²) in [6.07, 6.45) is 8.79. The van der Waals surface area contributed by atoms with Gasteiger partial charge in [-0.1, -0.05) is 40.5 Å². The average Bonchev–Trinajstić information content (AvgIpc) is 2.85. The van der Waals surface area contributed by atoms with Gasteiger partial charge in [0, 0.05) is 29.0 Å². The zero-order valence-corrected chi connectivity index (χ0v) is 14.1. The zero-order valence-electron chi connectivity index (χ0n) is 11.7. The first-order valence-corrected chi connectivity index (χ1v) is 8.90. The van der Waals surface area contributed by atoms with Crippen LogP contribution in [0.15, 0.2) is 46.3 Å². The van der Waals surface area contributed by atoms with Crippen LogP contribution in [0.3, 0.4) is 0 Å². The van der Waals surface area contributed by atoms with Crippen LogP contribution in [0.1, 0.15) is 32.1 Å². The second kappa shape index (κ2) is 6.79. The van der Waals surface area contributed by atoms with E-state index in [0.717, 1.165) is 41.0 Å². The van der Waals surface area contributed by atoms with E-state index in [9.17, 15) is 4.79 Å². The number of thioether (sulfide) groups is 1. The van der Waals surface area contributed by atoms with Gasteiger partial charge in [0.25, 0.3) is 0 Å². The van der Waals surface area contributed by atoms with Crippen molar-refractivity contribution in [1.82, 2.24) is 9.55 Å². The molecule has 2 aromatic rings. The number of Topliss-reactive ketones (excluding diaryl/α,β-unsaturated/α-hetero) is 1. The Morgan fingerprint density at radius 2 is 2.00 bits per heavy atom. The molecule has 0 bridgehead atoms. The number of imidazole rings is 1. The first kappa shape index (κ1) is 14.9. The molecule has 3 nitrogen and oxygen atoms in total. The number of halogens is 1. The SMILES string of the molecule is O=C1CCCCC[C@@H]1Sc1nccn1-c1ccc(Br)cc1. The number of aromatic nitrogens is 2. The van der Waals surface area contributed by atoms with Crippen molar-refractivity contribution in [2.75, 3.05) is 0 Å². The van der Waals surface area contributed by atoms with Crippen molar-refractivity contribution >= 4 is 33.5 Å². The van der Waals surface area contributed by atoms with E-state index < -0.39 is 0 Å². The van der Waals surface area contributed by atoms with E-state index in [4.69, 9.17) is 0 Å². The van der Waals surface area contributed by atoms with Gasteiger partial charge in [-0.3, -0.25) is 9.36 Å². The fraction of sp³-hybridized carbons (Fsp3) is 0.375. The number of ketones is 1. The molecule has 0 unspecified atom stereocenters. The maximum Gasteiger partial charge on any atom is 0.173 e. The van der Waals surface area contributed by atoms with Gasteiger partial charge in [0.05, 0.1) is 5.25 Å². The first-order chi connectivity index (χ1) is 10.2. The Kier molecular flexibility index (Phi) is 4.80. The van der Waals surface area contributed by atoms with E-state index in [2.05, 4.69) is 25.5 Å². The molecule has 1 aliphatic carbocycles. The topological polar surface area (TPSA) is 34.9 Å². The molecule has 1 aromatic heterocycles. The molecule has 1 heterocycles. The maximum atomic E-state index is 12.2. The molecule has 1 aromatic carbocycles. The highest BCUT2D eigenvalue weighted by Gasteiger charge is 2.23. The Labute approximate surface area is 137 Å². The molecule has 1 fully saturated rings. The number of carbonyl (C=O) groups is 1. The standard InChI is InChI=1S/C16H17BrN2OS/c17-12-6-8-13(9-7-12)19-11-10-18-16(19)21-15-5-3-1-2-4-14(15)20/h6-11,15H,1-5H2/t15-/m0/s1. The van der Waals surface area contributed by atoms with Crippen molar-refractivity contribution in [3.63, 3.8) is 0 Å². The number of hydrogen-bond acceptors (Lipinski definition) is 3. The van der Waals surface area contributed by atoms with Crippen molar-refractivity contribution < 1.29 is 4.79 Å². The lowest BCUT2D eigenvalue weighted by atomic mass is 10.2. The third-order valence-corrected chi connectivity index (χ3v) is 5.53. The number of nitrogens with zero attached hydrogens (tertiary/aromatic N) is 2. The molecule has 1 aliphatic rings. The summed E-state index contributed by atoms with van der Waals surface area (Å²) in [5.41, 5.74) is 1.07. The highest BCUT2D eigenvalue weighted by molar-refractivity contribution is 9.10. The molecular weight excluding hydrogens is 348 g/mol. The van der Waals surface area contributed by atoms with Gasteiger partial charge in [0.2, 0.25) is 0 Å². The van der Waals surface area contributed by atoms with E-state index in [-0.39, 0.29) is 5.25 Å². The Morgan fingerprint density at radius 1 is 1.19 bits per heavy atom. The lowest BCUT2D eigenvalue weighted by Gasteiger charge is -2.13. The third kappa shape index (κ3) is 3.58. The van der Waals surface area contributed by atoms with Gasteiger partial charge in [-0.2, -0.15) is 0 Å². The van der Waals surface area contributed by atoms with E-state index in [1.165, 1.54) is 6.42 Å². The van der Waals surface area contributed by atoms with Gasteiger partial charge in [-0.25, -0.2) is 4.98 Å². The zero-order chi connectivity index (χ0) is 14.7. The monoisotopic (exact) mass is 364 g/mol. The van der Waals surface area contributed by atoms with Gasteiger partial charge in [-0.05, 0) is 37.1 Å². The number of benzene rings is 1. The summed E-state index contributed by atoms with van der Waals surface area (Å²) in [6.45, 7) is 0. The minimum Gasteiger partial charge on any atom is -0.298 e. The summed E-state index contributed by atoms with van der Waals surface area (Å²) in [5.74, 6) is 0.378. The Balaban J connectivity index is 1.82. The quantitative estimate of drug-likeness (QED) is 0.744. The molecule has 3 rings (SSSR count). The summed E-state index contributed by atoms with van der Waals surface area (Å²) >= 11 is 5.06. The van der Waals surface area contributed by atoms with Crippen LogP contribution in [-0.2, 0) is 4.79 Å². The van der Waals surface area contributed by atoms with Crippen LogP contribution in [-0.4, -0.2) is 20.6 Å². The van der Waals surface area contributed by atoms with Crippen LogP contribution >= 0.6 is 27.7 Å². The number of rotatable bonds is 3. The highest BCUT2D eigenvalue weighted by Crippen LogP contribution is 2.31. The Morgan fingerprint density at radius 3 is 2.81 bits per heavy atom. The van der Waals surface area contributed by atoms with Crippen molar-refractivity contribution in [2.45, 2.75) is 42.5 Å².